The molecule has 0 bridgehead atoms. The van der Waals surface area contributed by atoms with Crippen molar-refractivity contribution >= 4 is 11.1 Å². The van der Waals surface area contributed by atoms with Crippen molar-refractivity contribution < 1.29 is 4.42 Å². The summed E-state index contributed by atoms with van der Waals surface area (Å²) >= 11 is 0. The van der Waals surface area contributed by atoms with Gasteiger partial charge in [0.1, 0.15) is 17.7 Å². The van der Waals surface area contributed by atoms with Crippen LogP contribution in [0.1, 0.15) is 57.7 Å². The Hall–Kier alpha value is -2.95. The Labute approximate surface area is 171 Å². The fourth-order valence-electron chi connectivity index (χ4n) is 3.65. The van der Waals surface area contributed by atoms with Gasteiger partial charge in [0.15, 0.2) is 5.58 Å². The molecular formula is C24H28N4O. The van der Waals surface area contributed by atoms with Gasteiger partial charge in [0.05, 0.1) is 5.69 Å². The lowest BCUT2D eigenvalue weighted by Gasteiger charge is -2.06. The third-order valence-corrected chi connectivity index (χ3v) is 5.29. The highest BCUT2D eigenvalue weighted by Crippen LogP contribution is 2.26. The quantitative estimate of drug-likeness (QED) is 0.296. The van der Waals surface area contributed by atoms with Crippen LogP contribution >= 0.6 is 0 Å². The number of aromatic nitrogens is 4. The second kappa shape index (κ2) is 9.50. The van der Waals surface area contributed by atoms with Crippen LogP contribution in [-0.4, -0.2) is 19.7 Å². The Balaban J connectivity index is 1.44. The van der Waals surface area contributed by atoms with E-state index in [2.05, 4.69) is 32.7 Å². The molecule has 0 spiro atoms. The molecule has 0 aliphatic carbocycles. The van der Waals surface area contributed by atoms with Gasteiger partial charge < -0.3 is 4.42 Å². The van der Waals surface area contributed by atoms with E-state index in [1.807, 2.05) is 42.5 Å². The number of fused-ring (bicyclic) bond motifs is 1. The van der Waals surface area contributed by atoms with Crippen molar-refractivity contribution in [3.8, 4) is 17.1 Å². The van der Waals surface area contributed by atoms with Crippen LogP contribution < -0.4 is 0 Å². The van der Waals surface area contributed by atoms with Crippen molar-refractivity contribution in [1.82, 2.24) is 19.7 Å². The van der Waals surface area contributed by atoms with Crippen LogP contribution in [-0.2, 0) is 6.42 Å². The molecule has 0 amide bonds. The highest BCUT2D eigenvalue weighted by atomic mass is 16.3. The SMILES string of the molecule is CCCCCCCCCc1nncn1-c1ccc2nc(-c3ccccc3)oc2c1. The lowest BCUT2D eigenvalue weighted by atomic mass is 10.1. The predicted molar refractivity (Wildman–Crippen MR) is 116 cm³/mol. The summed E-state index contributed by atoms with van der Waals surface area (Å²) in [6.45, 7) is 2.26. The van der Waals surface area contributed by atoms with Gasteiger partial charge in [0.25, 0.3) is 0 Å². The summed E-state index contributed by atoms with van der Waals surface area (Å²) in [6, 6.07) is 16.0. The molecule has 150 valence electrons. The lowest BCUT2D eigenvalue weighted by molar-refractivity contribution is 0.582. The first kappa shape index (κ1) is 19.4. The molecule has 5 nitrogen and oxygen atoms in total. The molecule has 29 heavy (non-hydrogen) atoms. The Morgan fingerprint density at radius 1 is 0.897 bits per heavy atom. The maximum Gasteiger partial charge on any atom is 0.227 e. The molecule has 0 aliphatic rings. The number of rotatable bonds is 10. The third-order valence-electron chi connectivity index (χ3n) is 5.29. The zero-order valence-electron chi connectivity index (χ0n) is 17.1. The zero-order chi connectivity index (χ0) is 19.9. The molecule has 4 aromatic rings. The van der Waals surface area contributed by atoms with E-state index < -0.39 is 0 Å². The van der Waals surface area contributed by atoms with Crippen LogP contribution in [0.25, 0.3) is 28.2 Å². The molecule has 0 fully saturated rings. The standard InChI is InChI=1S/C24H28N4O/c1-2-3-4-5-6-7-11-14-23-27-25-18-28(23)20-15-16-21-22(17-20)29-24(26-21)19-12-9-8-10-13-19/h8-10,12-13,15-18H,2-7,11,14H2,1H3. The number of hydrogen-bond donors (Lipinski definition) is 0. The molecule has 0 unspecified atom stereocenters. The predicted octanol–water partition coefficient (Wildman–Crippen LogP) is 6.37. The average molecular weight is 389 g/mol. The Morgan fingerprint density at radius 2 is 1.69 bits per heavy atom. The zero-order valence-corrected chi connectivity index (χ0v) is 17.1. The summed E-state index contributed by atoms with van der Waals surface area (Å²) in [5.74, 6) is 1.64. The van der Waals surface area contributed by atoms with Gasteiger partial charge in [-0.25, -0.2) is 4.98 Å². The molecule has 0 saturated carbocycles. The van der Waals surface area contributed by atoms with Gasteiger partial charge in [0.2, 0.25) is 5.89 Å². The van der Waals surface area contributed by atoms with Crippen LogP contribution in [0, 0.1) is 0 Å². The highest BCUT2D eigenvalue weighted by Gasteiger charge is 2.11. The topological polar surface area (TPSA) is 56.7 Å². The normalized spacial score (nSPS) is 11.3. The molecule has 0 radical (unpaired) electrons. The van der Waals surface area contributed by atoms with Crippen LogP contribution in [0.5, 0.6) is 0 Å². The van der Waals surface area contributed by atoms with Crippen molar-refractivity contribution in [2.75, 3.05) is 0 Å². The van der Waals surface area contributed by atoms with Gasteiger partial charge >= 0.3 is 0 Å². The smallest absolute Gasteiger partial charge is 0.227 e. The van der Waals surface area contributed by atoms with E-state index in [1.165, 1.54) is 38.5 Å². The van der Waals surface area contributed by atoms with Gasteiger partial charge in [-0.2, -0.15) is 0 Å². The number of unbranched alkanes of at least 4 members (excludes halogenated alkanes) is 6. The monoisotopic (exact) mass is 388 g/mol. The van der Waals surface area contributed by atoms with Crippen molar-refractivity contribution in [1.29, 1.82) is 0 Å². The minimum Gasteiger partial charge on any atom is -0.436 e. The van der Waals surface area contributed by atoms with Gasteiger partial charge in [-0.05, 0) is 30.7 Å². The molecule has 0 atom stereocenters. The first-order valence-corrected chi connectivity index (χ1v) is 10.7. The molecule has 0 N–H and O–H groups in total. The Kier molecular flexibility index (Phi) is 6.35. The van der Waals surface area contributed by atoms with Crippen LogP contribution in [0.4, 0.5) is 0 Å². The fraction of sp³-hybridized carbons (Fsp3) is 0.375. The maximum absolute atomic E-state index is 6.01. The van der Waals surface area contributed by atoms with Crippen molar-refractivity contribution in [2.24, 2.45) is 0 Å². The van der Waals surface area contributed by atoms with Crippen LogP contribution in [0.2, 0.25) is 0 Å². The van der Waals surface area contributed by atoms with E-state index in [1.54, 1.807) is 6.33 Å². The fourth-order valence-corrected chi connectivity index (χ4v) is 3.65. The van der Waals surface area contributed by atoms with E-state index in [0.29, 0.717) is 5.89 Å². The first-order chi connectivity index (χ1) is 14.3. The number of aryl methyl sites for hydroxylation is 1. The Morgan fingerprint density at radius 3 is 2.52 bits per heavy atom. The summed E-state index contributed by atoms with van der Waals surface area (Å²) in [6.07, 6.45) is 11.8. The summed E-state index contributed by atoms with van der Waals surface area (Å²) in [4.78, 5) is 4.61. The number of nitrogens with zero attached hydrogens (tertiary/aromatic N) is 4. The average Bonchev–Trinajstić information content (AvgIpc) is 3.40. The second-order valence-electron chi connectivity index (χ2n) is 7.53. The summed E-state index contributed by atoms with van der Waals surface area (Å²) in [5.41, 5.74) is 3.62. The van der Waals surface area contributed by atoms with Crippen LogP contribution in [0.15, 0.2) is 59.3 Å². The second-order valence-corrected chi connectivity index (χ2v) is 7.53. The van der Waals surface area contributed by atoms with Gasteiger partial charge in [-0.3, -0.25) is 4.57 Å². The van der Waals surface area contributed by atoms with Crippen molar-refractivity contribution in [3.63, 3.8) is 0 Å². The van der Waals surface area contributed by atoms with E-state index in [0.717, 1.165) is 41.0 Å². The minimum absolute atomic E-state index is 0.643. The minimum atomic E-state index is 0.643. The molecule has 2 heterocycles. The number of benzene rings is 2. The third kappa shape index (κ3) is 4.73. The molecular weight excluding hydrogens is 360 g/mol. The summed E-state index contributed by atoms with van der Waals surface area (Å²) in [7, 11) is 0. The molecule has 4 rings (SSSR count). The van der Waals surface area contributed by atoms with Crippen LogP contribution in [0.3, 0.4) is 0 Å². The molecule has 2 aromatic heterocycles. The largest absolute Gasteiger partial charge is 0.436 e. The number of oxazole rings is 1. The maximum atomic E-state index is 6.01. The van der Waals surface area contributed by atoms with Gasteiger partial charge in [-0.1, -0.05) is 63.6 Å². The lowest BCUT2D eigenvalue weighted by Crippen LogP contribution is -2.00. The van der Waals surface area contributed by atoms with E-state index in [9.17, 15) is 0 Å². The molecule has 2 aromatic carbocycles. The number of hydrogen-bond acceptors (Lipinski definition) is 4. The first-order valence-electron chi connectivity index (χ1n) is 10.7. The van der Waals surface area contributed by atoms with E-state index >= 15 is 0 Å². The van der Waals surface area contributed by atoms with Crippen molar-refractivity contribution in [3.05, 3.63) is 60.7 Å². The Bertz CT molecular complexity index is 1040. The molecule has 0 saturated heterocycles. The molecule has 5 heteroatoms. The van der Waals surface area contributed by atoms with Gasteiger partial charge in [-0.15, -0.1) is 10.2 Å². The summed E-state index contributed by atoms with van der Waals surface area (Å²) < 4.78 is 8.07. The highest BCUT2D eigenvalue weighted by molar-refractivity contribution is 5.78. The molecule has 0 aliphatic heterocycles. The van der Waals surface area contributed by atoms with Crippen molar-refractivity contribution in [2.45, 2.75) is 58.3 Å². The van der Waals surface area contributed by atoms with E-state index in [4.69, 9.17) is 4.42 Å². The van der Waals surface area contributed by atoms with Gasteiger partial charge in [0, 0.05) is 18.1 Å². The summed E-state index contributed by atoms with van der Waals surface area (Å²) in [5, 5.41) is 8.48. The van der Waals surface area contributed by atoms with E-state index in [-0.39, 0.29) is 0 Å².